The topological polar surface area (TPSA) is 47.3 Å². The maximum atomic E-state index is 5.19. The Kier molecular flexibility index (Phi) is 7.01. The van der Waals surface area contributed by atoms with Gasteiger partial charge >= 0.3 is 0 Å². The van der Waals surface area contributed by atoms with Crippen LogP contribution in [0.2, 0.25) is 0 Å². The minimum atomic E-state index is 0.583. The molecule has 0 rings (SSSR count). The summed E-state index contributed by atoms with van der Waals surface area (Å²) in [6.45, 7) is 2.15. The first-order valence-electron chi connectivity index (χ1n) is 2.99. The van der Waals surface area contributed by atoms with Crippen molar-refractivity contribution in [3.8, 4) is 0 Å². The fourth-order valence-electron chi connectivity index (χ4n) is 0.396. The van der Waals surface area contributed by atoms with Gasteiger partial charge in [0, 0.05) is 20.2 Å². The van der Waals surface area contributed by atoms with Gasteiger partial charge in [-0.1, -0.05) is 6.08 Å². The van der Waals surface area contributed by atoms with Gasteiger partial charge in [-0.3, -0.25) is 0 Å². The molecule has 0 aliphatic rings. The Morgan fingerprint density at radius 2 is 2.44 bits per heavy atom. The summed E-state index contributed by atoms with van der Waals surface area (Å²) in [7, 11) is 1.67. The fraction of sp³-hybridized carbons (Fsp3) is 0.667. The van der Waals surface area contributed by atoms with Crippen LogP contribution in [0.1, 0.15) is 0 Å². The van der Waals surface area contributed by atoms with Crippen LogP contribution in [0.25, 0.3) is 0 Å². The van der Waals surface area contributed by atoms with E-state index in [0.717, 1.165) is 13.2 Å². The average Bonchev–Trinajstić information content (AvgIpc) is 1.89. The lowest BCUT2D eigenvalue weighted by molar-refractivity contribution is 0.203. The first kappa shape index (κ1) is 8.46. The molecule has 0 aromatic carbocycles. The summed E-state index contributed by atoms with van der Waals surface area (Å²) in [5.41, 5.74) is 5.19. The molecular weight excluding hydrogens is 116 g/mol. The molecule has 0 heterocycles. The number of rotatable bonds is 5. The standard InChI is InChI=1S/C6H14N2O/c1-9-6-5-8-4-2-3-7/h2,4,8H,3,5-7H2,1H3/b4-2+. The van der Waals surface area contributed by atoms with E-state index in [1.165, 1.54) is 0 Å². The van der Waals surface area contributed by atoms with Crippen LogP contribution in [0.5, 0.6) is 0 Å². The Hall–Kier alpha value is -0.540. The van der Waals surface area contributed by atoms with Crippen LogP contribution >= 0.6 is 0 Å². The molecule has 0 aliphatic heterocycles. The van der Waals surface area contributed by atoms with Crippen molar-refractivity contribution in [2.75, 3.05) is 26.8 Å². The van der Waals surface area contributed by atoms with E-state index < -0.39 is 0 Å². The zero-order chi connectivity index (χ0) is 6.95. The van der Waals surface area contributed by atoms with E-state index in [-0.39, 0.29) is 0 Å². The highest BCUT2D eigenvalue weighted by molar-refractivity contribution is 4.79. The Balaban J connectivity index is 2.82. The number of nitrogens with two attached hydrogens (primary N) is 1. The Labute approximate surface area is 55.9 Å². The molecule has 54 valence electrons. The monoisotopic (exact) mass is 130 g/mol. The van der Waals surface area contributed by atoms with Gasteiger partial charge in [0.05, 0.1) is 6.61 Å². The van der Waals surface area contributed by atoms with E-state index in [1.54, 1.807) is 7.11 Å². The van der Waals surface area contributed by atoms with Gasteiger partial charge < -0.3 is 15.8 Å². The number of nitrogens with one attached hydrogen (secondary N) is 1. The van der Waals surface area contributed by atoms with E-state index in [2.05, 4.69) is 5.32 Å². The van der Waals surface area contributed by atoms with Gasteiger partial charge in [-0.05, 0) is 6.20 Å². The lowest BCUT2D eigenvalue weighted by Crippen LogP contribution is -2.12. The van der Waals surface area contributed by atoms with Crippen LogP contribution in [0.4, 0.5) is 0 Å². The van der Waals surface area contributed by atoms with E-state index in [0.29, 0.717) is 6.54 Å². The molecule has 0 saturated heterocycles. The smallest absolute Gasteiger partial charge is 0.0635 e. The predicted octanol–water partition coefficient (Wildman–Crippen LogP) is -0.305. The normalized spacial score (nSPS) is 10.4. The molecule has 0 amide bonds. The van der Waals surface area contributed by atoms with E-state index >= 15 is 0 Å². The first-order valence-corrected chi connectivity index (χ1v) is 2.99. The fourth-order valence-corrected chi connectivity index (χ4v) is 0.396. The summed E-state index contributed by atoms with van der Waals surface area (Å²) in [5, 5.41) is 3.00. The maximum Gasteiger partial charge on any atom is 0.0635 e. The molecule has 0 aromatic rings. The lowest BCUT2D eigenvalue weighted by Gasteiger charge is -1.96. The van der Waals surface area contributed by atoms with Crippen molar-refractivity contribution < 1.29 is 4.74 Å². The molecule has 3 heteroatoms. The van der Waals surface area contributed by atoms with Crippen molar-refractivity contribution >= 4 is 0 Å². The van der Waals surface area contributed by atoms with Gasteiger partial charge in [0.1, 0.15) is 0 Å². The first-order chi connectivity index (χ1) is 4.41. The van der Waals surface area contributed by atoms with Crippen LogP contribution in [-0.2, 0) is 4.74 Å². The molecule has 0 saturated carbocycles. The number of hydrogen-bond donors (Lipinski definition) is 2. The molecule has 0 atom stereocenters. The summed E-state index contributed by atoms with van der Waals surface area (Å²) in [5.74, 6) is 0. The summed E-state index contributed by atoms with van der Waals surface area (Å²) in [6, 6.07) is 0. The molecule has 3 nitrogen and oxygen atoms in total. The molecule has 0 spiro atoms. The minimum Gasteiger partial charge on any atom is -0.389 e. The Bertz CT molecular complexity index is 73.5. The third-order valence-corrected chi connectivity index (χ3v) is 0.822. The second-order valence-corrected chi connectivity index (χ2v) is 1.58. The Morgan fingerprint density at radius 3 is 3.00 bits per heavy atom. The predicted molar refractivity (Wildman–Crippen MR) is 38.1 cm³/mol. The molecule has 0 aromatic heterocycles. The van der Waals surface area contributed by atoms with Crippen LogP contribution in [-0.4, -0.2) is 26.8 Å². The van der Waals surface area contributed by atoms with Crippen molar-refractivity contribution in [2.24, 2.45) is 5.73 Å². The van der Waals surface area contributed by atoms with Crippen molar-refractivity contribution in [1.82, 2.24) is 5.32 Å². The van der Waals surface area contributed by atoms with Crippen molar-refractivity contribution in [3.63, 3.8) is 0 Å². The molecule has 9 heavy (non-hydrogen) atoms. The summed E-state index contributed by atoms with van der Waals surface area (Å²) in [6.07, 6.45) is 3.69. The van der Waals surface area contributed by atoms with Gasteiger partial charge in [-0.15, -0.1) is 0 Å². The number of methoxy groups -OCH3 is 1. The van der Waals surface area contributed by atoms with Gasteiger partial charge in [0.2, 0.25) is 0 Å². The highest BCUT2D eigenvalue weighted by Gasteiger charge is 1.75. The second kappa shape index (κ2) is 7.46. The van der Waals surface area contributed by atoms with Gasteiger partial charge in [-0.25, -0.2) is 0 Å². The largest absolute Gasteiger partial charge is 0.389 e. The molecule has 0 fully saturated rings. The van der Waals surface area contributed by atoms with E-state index in [9.17, 15) is 0 Å². The third kappa shape index (κ3) is 7.46. The second-order valence-electron chi connectivity index (χ2n) is 1.58. The SMILES string of the molecule is COCCN/C=C/CN. The van der Waals surface area contributed by atoms with Gasteiger partial charge in [0.15, 0.2) is 0 Å². The van der Waals surface area contributed by atoms with Crippen LogP contribution in [0.15, 0.2) is 12.3 Å². The van der Waals surface area contributed by atoms with Crippen LogP contribution in [0, 0.1) is 0 Å². The average molecular weight is 130 g/mol. The zero-order valence-corrected chi connectivity index (χ0v) is 5.76. The Morgan fingerprint density at radius 1 is 1.67 bits per heavy atom. The molecule has 0 aliphatic carbocycles. The van der Waals surface area contributed by atoms with Crippen molar-refractivity contribution in [1.29, 1.82) is 0 Å². The quantitative estimate of drug-likeness (QED) is 0.502. The molecule has 3 N–H and O–H groups in total. The highest BCUT2D eigenvalue weighted by Crippen LogP contribution is 1.65. The number of hydrogen-bond acceptors (Lipinski definition) is 3. The maximum absolute atomic E-state index is 5.19. The summed E-state index contributed by atoms with van der Waals surface area (Å²) in [4.78, 5) is 0. The zero-order valence-electron chi connectivity index (χ0n) is 5.76. The third-order valence-electron chi connectivity index (χ3n) is 0.822. The van der Waals surface area contributed by atoms with Crippen molar-refractivity contribution in [2.45, 2.75) is 0 Å². The molecule has 0 unspecified atom stereocenters. The van der Waals surface area contributed by atoms with Crippen molar-refractivity contribution in [3.05, 3.63) is 12.3 Å². The highest BCUT2D eigenvalue weighted by atomic mass is 16.5. The molecule has 0 bridgehead atoms. The lowest BCUT2D eigenvalue weighted by atomic mass is 10.6. The van der Waals surface area contributed by atoms with Crippen LogP contribution in [0.3, 0.4) is 0 Å². The van der Waals surface area contributed by atoms with Gasteiger partial charge in [-0.2, -0.15) is 0 Å². The van der Waals surface area contributed by atoms with E-state index in [4.69, 9.17) is 10.5 Å². The summed E-state index contributed by atoms with van der Waals surface area (Å²) < 4.78 is 4.79. The molecular formula is C6H14N2O. The van der Waals surface area contributed by atoms with Gasteiger partial charge in [0.25, 0.3) is 0 Å². The summed E-state index contributed by atoms with van der Waals surface area (Å²) >= 11 is 0. The minimum absolute atomic E-state index is 0.583. The molecule has 0 radical (unpaired) electrons. The van der Waals surface area contributed by atoms with E-state index in [1.807, 2.05) is 12.3 Å². The number of ether oxygens (including phenoxy) is 1. The van der Waals surface area contributed by atoms with Crippen LogP contribution < -0.4 is 11.1 Å².